The van der Waals surface area contributed by atoms with Gasteiger partial charge in [0.15, 0.2) is 0 Å². The molecule has 2 aromatic rings. The Kier molecular flexibility index (Phi) is 4.31. The monoisotopic (exact) mass is 313 g/mol. The first-order chi connectivity index (χ1) is 8.22. The zero-order chi connectivity index (χ0) is 12.3. The molecular formula is C13H13BrFNS. The normalized spacial score (nSPS) is 12.6. The molecule has 1 aromatic carbocycles. The second kappa shape index (κ2) is 5.76. The Morgan fingerprint density at radius 3 is 2.76 bits per heavy atom. The van der Waals surface area contributed by atoms with Gasteiger partial charge in [-0.15, -0.1) is 11.3 Å². The molecule has 0 amide bonds. The van der Waals surface area contributed by atoms with Gasteiger partial charge in [-0.1, -0.05) is 28.1 Å². The van der Waals surface area contributed by atoms with Crippen LogP contribution in [0.1, 0.15) is 16.5 Å². The van der Waals surface area contributed by atoms with Crippen molar-refractivity contribution in [1.82, 2.24) is 5.32 Å². The van der Waals surface area contributed by atoms with Crippen molar-refractivity contribution in [2.24, 2.45) is 0 Å². The Labute approximate surface area is 113 Å². The van der Waals surface area contributed by atoms with Crippen LogP contribution in [0.2, 0.25) is 0 Å². The molecule has 0 saturated heterocycles. The van der Waals surface area contributed by atoms with Crippen molar-refractivity contribution in [2.45, 2.75) is 12.5 Å². The van der Waals surface area contributed by atoms with Crippen molar-refractivity contribution >= 4 is 27.3 Å². The average molecular weight is 314 g/mol. The maximum absolute atomic E-state index is 13.8. The van der Waals surface area contributed by atoms with Gasteiger partial charge in [0.05, 0.1) is 0 Å². The largest absolute Gasteiger partial charge is 0.313 e. The van der Waals surface area contributed by atoms with Gasteiger partial charge < -0.3 is 5.32 Å². The van der Waals surface area contributed by atoms with Crippen LogP contribution in [0.5, 0.6) is 0 Å². The third-order valence-corrected chi connectivity index (χ3v) is 4.27. The Morgan fingerprint density at radius 1 is 1.35 bits per heavy atom. The van der Waals surface area contributed by atoms with E-state index < -0.39 is 0 Å². The molecule has 17 heavy (non-hydrogen) atoms. The van der Waals surface area contributed by atoms with Crippen molar-refractivity contribution in [1.29, 1.82) is 0 Å². The Bertz CT molecular complexity index is 464. The number of nitrogens with one attached hydrogen (secondary N) is 1. The van der Waals surface area contributed by atoms with Crippen molar-refractivity contribution in [3.8, 4) is 0 Å². The lowest BCUT2D eigenvalue weighted by Gasteiger charge is -2.18. The summed E-state index contributed by atoms with van der Waals surface area (Å²) in [5, 5.41) is 5.22. The highest BCUT2D eigenvalue weighted by molar-refractivity contribution is 9.10. The first-order valence-corrected chi connectivity index (χ1v) is 7.03. The summed E-state index contributed by atoms with van der Waals surface area (Å²) in [6.45, 7) is 0. The van der Waals surface area contributed by atoms with E-state index in [-0.39, 0.29) is 11.9 Å². The van der Waals surface area contributed by atoms with Crippen LogP contribution in [0.15, 0.2) is 40.2 Å². The van der Waals surface area contributed by atoms with Gasteiger partial charge in [-0.05, 0) is 30.6 Å². The molecule has 0 bridgehead atoms. The van der Waals surface area contributed by atoms with E-state index in [1.165, 1.54) is 10.9 Å². The summed E-state index contributed by atoms with van der Waals surface area (Å²) in [6, 6.07) is 9.16. The Morgan fingerprint density at radius 2 is 2.18 bits per heavy atom. The molecule has 4 heteroatoms. The van der Waals surface area contributed by atoms with Gasteiger partial charge in [-0.25, -0.2) is 4.39 Å². The second-order valence-corrected chi connectivity index (χ2v) is 5.65. The number of rotatable bonds is 4. The van der Waals surface area contributed by atoms with E-state index >= 15 is 0 Å². The second-order valence-electron chi connectivity index (χ2n) is 3.76. The lowest BCUT2D eigenvalue weighted by atomic mass is 10.0. The maximum Gasteiger partial charge on any atom is 0.129 e. The first kappa shape index (κ1) is 12.7. The standard InChI is InChI=1S/C13H13BrFNS/c1-16-12(8-9-4-3-7-17-9)13-10(14)5-2-6-11(13)15/h2-7,12,16H,8H2,1H3. The van der Waals surface area contributed by atoms with Gasteiger partial charge in [0.1, 0.15) is 5.82 Å². The summed E-state index contributed by atoms with van der Waals surface area (Å²) < 4.78 is 14.7. The van der Waals surface area contributed by atoms with Crippen LogP contribution in [0.4, 0.5) is 4.39 Å². The summed E-state index contributed by atoms with van der Waals surface area (Å²) in [4.78, 5) is 1.25. The molecule has 1 heterocycles. The molecule has 0 spiro atoms. The predicted octanol–water partition coefficient (Wildman–Crippen LogP) is 4.15. The van der Waals surface area contributed by atoms with E-state index in [9.17, 15) is 4.39 Å². The maximum atomic E-state index is 13.8. The van der Waals surface area contributed by atoms with E-state index in [4.69, 9.17) is 0 Å². The molecule has 1 N–H and O–H groups in total. The first-order valence-electron chi connectivity index (χ1n) is 5.36. The van der Waals surface area contributed by atoms with Gasteiger partial charge in [-0.3, -0.25) is 0 Å². The molecule has 2 rings (SSSR count). The molecular weight excluding hydrogens is 301 g/mol. The Balaban J connectivity index is 2.29. The van der Waals surface area contributed by atoms with Crippen molar-refractivity contribution < 1.29 is 4.39 Å². The molecule has 1 nitrogen and oxygen atoms in total. The number of hydrogen-bond donors (Lipinski definition) is 1. The van der Waals surface area contributed by atoms with Gasteiger partial charge in [0, 0.05) is 27.4 Å². The summed E-state index contributed by atoms with van der Waals surface area (Å²) >= 11 is 5.11. The fourth-order valence-corrected chi connectivity index (χ4v) is 3.19. The van der Waals surface area contributed by atoms with Crippen molar-refractivity contribution in [3.63, 3.8) is 0 Å². The average Bonchev–Trinajstić information content (AvgIpc) is 2.80. The molecule has 1 unspecified atom stereocenters. The number of hydrogen-bond acceptors (Lipinski definition) is 2. The smallest absolute Gasteiger partial charge is 0.129 e. The van der Waals surface area contributed by atoms with Crippen LogP contribution in [-0.4, -0.2) is 7.05 Å². The van der Waals surface area contributed by atoms with Crippen LogP contribution in [-0.2, 0) is 6.42 Å². The van der Waals surface area contributed by atoms with Gasteiger partial charge in [-0.2, -0.15) is 0 Å². The fourth-order valence-electron chi connectivity index (χ4n) is 1.82. The van der Waals surface area contributed by atoms with Gasteiger partial charge in [0.2, 0.25) is 0 Å². The number of thiophene rings is 1. The van der Waals surface area contributed by atoms with Crippen LogP contribution in [0, 0.1) is 5.82 Å². The number of likely N-dealkylation sites (N-methyl/N-ethyl adjacent to an activating group) is 1. The van der Waals surface area contributed by atoms with Crippen LogP contribution in [0.3, 0.4) is 0 Å². The topological polar surface area (TPSA) is 12.0 Å². The van der Waals surface area contributed by atoms with Crippen molar-refractivity contribution in [3.05, 3.63) is 56.4 Å². The quantitative estimate of drug-likeness (QED) is 0.894. The fraction of sp³-hybridized carbons (Fsp3) is 0.231. The predicted molar refractivity (Wildman–Crippen MR) is 73.9 cm³/mol. The third kappa shape index (κ3) is 2.94. The van der Waals surface area contributed by atoms with E-state index in [1.54, 1.807) is 17.4 Å². The van der Waals surface area contributed by atoms with Crippen molar-refractivity contribution in [2.75, 3.05) is 7.05 Å². The van der Waals surface area contributed by atoms with E-state index in [0.29, 0.717) is 5.56 Å². The summed E-state index contributed by atoms with van der Waals surface area (Å²) in [6.07, 6.45) is 0.799. The lowest BCUT2D eigenvalue weighted by Crippen LogP contribution is -2.20. The van der Waals surface area contributed by atoms with Crippen LogP contribution < -0.4 is 5.32 Å². The highest BCUT2D eigenvalue weighted by Crippen LogP contribution is 2.29. The summed E-state index contributed by atoms with van der Waals surface area (Å²) in [7, 11) is 1.86. The molecule has 90 valence electrons. The molecule has 0 aliphatic carbocycles. The third-order valence-electron chi connectivity index (χ3n) is 2.68. The SMILES string of the molecule is CNC(Cc1cccs1)c1c(F)cccc1Br. The highest BCUT2D eigenvalue weighted by atomic mass is 79.9. The molecule has 0 saturated carbocycles. The highest BCUT2D eigenvalue weighted by Gasteiger charge is 2.17. The molecule has 0 aliphatic rings. The summed E-state index contributed by atoms with van der Waals surface area (Å²) in [5.41, 5.74) is 0.698. The summed E-state index contributed by atoms with van der Waals surface area (Å²) in [5.74, 6) is -0.171. The van der Waals surface area contributed by atoms with Gasteiger partial charge >= 0.3 is 0 Å². The van der Waals surface area contributed by atoms with E-state index in [2.05, 4.69) is 27.3 Å². The minimum absolute atomic E-state index is 0.00998. The number of halogens is 2. The van der Waals surface area contributed by atoms with E-state index in [0.717, 1.165) is 10.9 Å². The van der Waals surface area contributed by atoms with Crippen LogP contribution >= 0.6 is 27.3 Å². The molecule has 0 radical (unpaired) electrons. The van der Waals surface area contributed by atoms with Crippen LogP contribution in [0.25, 0.3) is 0 Å². The zero-order valence-corrected chi connectivity index (χ0v) is 11.8. The molecule has 1 aromatic heterocycles. The molecule has 0 aliphatic heterocycles. The lowest BCUT2D eigenvalue weighted by molar-refractivity contribution is 0.534. The Hall–Kier alpha value is -0.710. The molecule has 0 fully saturated rings. The number of benzene rings is 1. The van der Waals surface area contributed by atoms with E-state index in [1.807, 2.05) is 24.6 Å². The minimum atomic E-state index is -0.171. The molecule has 1 atom stereocenters. The minimum Gasteiger partial charge on any atom is -0.313 e. The zero-order valence-electron chi connectivity index (χ0n) is 9.41. The van der Waals surface area contributed by atoms with Gasteiger partial charge in [0.25, 0.3) is 0 Å².